The molecule has 0 bridgehead atoms. The number of morpholine rings is 1. The van der Waals surface area contributed by atoms with Gasteiger partial charge in [-0.3, -0.25) is 0 Å². The quantitative estimate of drug-likeness (QED) is 0.820. The average Bonchev–Trinajstić information content (AvgIpc) is 3.40. The average molecular weight is 380 g/mol. The van der Waals surface area contributed by atoms with Gasteiger partial charge < -0.3 is 9.30 Å². The standard InChI is InChI=1S/C17H21N3O3S2/c1-13-12-24-17(20(13)15-4-5-15)18-14-2-6-16(7-3-14)25(21,22)19-8-10-23-11-9-19/h2-3,6-7,12,15H,4-5,8-11H2,1H3. The Morgan fingerprint density at radius 3 is 2.48 bits per heavy atom. The number of thiazole rings is 1. The molecule has 6 nitrogen and oxygen atoms in total. The van der Waals surface area contributed by atoms with Crippen LogP contribution in [0.25, 0.3) is 0 Å². The molecule has 2 aromatic rings. The third-order valence-electron chi connectivity index (χ3n) is 4.50. The maximum Gasteiger partial charge on any atom is 0.243 e. The van der Waals surface area contributed by atoms with Crippen molar-refractivity contribution in [1.82, 2.24) is 8.87 Å². The summed E-state index contributed by atoms with van der Waals surface area (Å²) in [6.07, 6.45) is 2.42. The number of rotatable bonds is 4. The zero-order valence-corrected chi connectivity index (χ0v) is 15.7. The molecule has 1 aromatic carbocycles. The molecule has 0 amide bonds. The third-order valence-corrected chi connectivity index (χ3v) is 7.37. The van der Waals surface area contributed by atoms with Crippen LogP contribution >= 0.6 is 11.3 Å². The van der Waals surface area contributed by atoms with Crippen LogP contribution in [0.5, 0.6) is 0 Å². The van der Waals surface area contributed by atoms with E-state index in [0.29, 0.717) is 37.2 Å². The molecule has 4 rings (SSSR count). The number of hydrogen-bond acceptors (Lipinski definition) is 5. The molecule has 0 unspecified atom stereocenters. The minimum Gasteiger partial charge on any atom is -0.379 e. The summed E-state index contributed by atoms with van der Waals surface area (Å²) in [4.78, 5) is 6.00. The second kappa shape index (κ2) is 6.68. The number of nitrogens with zero attached hydrogens (tertiary/aromatic N) is 3. The summed E-state index contributed by atoms with van der Waals surface area (Å²) >= 11 is 1.63. The van der Waals surface area contributed by atoms with E-state index in [1.54, 1.807) is 35.6 Å². The van der Waals surface area contributed by atoms with Crippen molar-refractivity contribution in [3.8, 4) is 0 Å². The van der Waals surface area contributed by atoms with Gasteiger partial charge in [0, 0.05) is 30.2 Å². The van der Waals surface area contributed by atoms with Crippen LogP contribution in [0, 0.1) is 6.92 Å². The van der Waals surface area contributed by atoms with Crippen LogP contribution in [0.1, 0.15) is 24.6 Å². The van der Waals surface area contributed by atoms with Crippen molar-refractivity contribution in [1.29, 1.82) is 0 Å². The highest BCUT2D eigenvalue weighted by Crippen LogP contribution is 2.35. The van der Waals surface area contributed by atoms with Crippen LogP contribution in [0.15, 0.2) is 39.5 Å². The van der Waals surface area contributed by atoms with E-state index in [0.717, 1.165) is 10.5 Å². The Morgan fingerprint density at radius 1 is 1.16 bits per heavy atom. The minimum absolute atomic E-state index is 0.311. The van der Waals surface area contributed by atoms with E-state index in [1.165, 1.54) is 22.8 Å². The first-order chi connectivity index (χ1) is 12.1. The Morgan fingerprint density at radius 2 is 1.84 bits per heavy atom. The van der Waals surface area contributed by atoms with Gasteiger partial charge in [-0.25, -0.2) is 13.4 Å². The fourth-order valence-corrected chi connectivity index (χ4v) is 5.36. The van der Waals surface area contributed by atoms with Crippen LogP contribution in [-0.4, -0.2) is 43.6 Å². The van der Waals surface area contributed by atoms with Crippen molar-refractivity contribution >= 4 is 27.0 Å². The lowest BCUT2D eigenvalue weighted by Crippen LogP contribution is -2.40. The summed E-state index contributed by atoms with van der Waals surface area (Å²) in [6, 6.07) is 7.42. The SMILES string of the molecule is Cc1csc(=Nc2ccc(S(=O)(=O)N3CCOCC3)cc2)n1C1CC1. The van der Waals surface area contributed by atoms with E-state index in [-0.39, 0.29) is 0 Å². The lowest BCUT2D eigenvalue weighted by atomic mass is 10.3. The normalized spacial score (nSPS) is 20.1. The largest absolute Gasteiger partial charge is 0.379 e. The number of hydrogen-bond donors (Lipinski definition) is 0. The second-order valence-electron chi connectivity index (χ2n) is 6.38. The lowest BCUT2D eigenvalue weighted by Gasteiger charge is -2.26. The summed E-state index contributed by atoms with van der Waals surface area (Å²) in [7, 11) is -3.45. The topological polar surface area (TPSA) is 63.9 Å². The van der Waals surface area contributed by atoms with Crippen molar-refractivity contribution in [2.75, 3.05) is 26.3 Å². The molecular weight excluding hydrogens is 358 g/mol. The molecule has 0 N–H and O–H groups in total. The fraction of sp³-hybridized carbons (Fsp3) is 0.471. The molecule has 8 heteroatoms. The van der Waals surface area contributed by atoms with Gasteiger partial charge in [0.05, 0.1) is 23.8 Å². The molecule has 1 aromatic heterocycles. The predicted octanol–water partition coefficient (Wildman–Crippen LogP) is 2.45. The van der Waals surface area contributed by atoms with Crippen molar-refractivity contribution in [3.63, 3.8) is 0 Å². The van der Waals surface area contributed by atoms with Gasteiger partial charge in [-0.05, 0) is 44.0 Å². The minimum atomic E-state index is -3.45. The smallest absolute Gasteiger partial charge is 0.243 e. The summed E-state index contributed by atoms with van der Waals surface area (Å²) in [5.74, 6) is 0. The van der Waals surface area contributed by atoms with Crippen molar-refractivity contribution in [3.05, 3.63) is 40.1 Å². The van der Waals surface area contributed by atoms with Gasteiger partial charge in [0.15, 0.2) is 4.80 Å². The van der Waals surface area contributed by atoms with Crippen LogP contribution in [0.3, 0.4) is 0 Å². The van der Waals surface area contributed by atoms with E-state index in [9.17, 15) is 8.42 Å². The van der Waals surface area contributed by atoms with Crippen molar-refractivity contribution < 1.29 is 13.2 Å². The Bertz CT molecular complexity index is 919. The van der Waals surface area contributed by atoms with Gasteiger partial charge in [0.1, 0.15) is 0 Å². The summed E-state index contributed by atoms with van der Waals surface area (Å²) < 4.78 is 34.3. The number of benzene rings is 1. The van der Waals surface area contributed by atoms with E-state index in [4.69, 9.17) is 9.73 Å². The third kappa shape index (κ3) is 3.44. The molecule has 1 aliphatic heterocycles. The zero-order chi connectivity index (χ0) is 17.4. The summed E-state index contributed by atoms with van der Waals surface area (Å²) in [5, 5.41) is 2.12. The molecule has 1 aliphatic carbocycles. The summed E-state index contributed by atoms with van der Waals surface area (Å²) in [5.41, 5.74) is 2.01. The van der Waals surface area contributed by atoms with E-state index in [2.05, 4.69) is 16.9 Å². The highest BCUT2D eigenvalue weighted by atomic mass is 32.2. The van der Waals surface area contributed by atoms with Crippen LogP contribution in [0.2, 0.25) is 0 Å². The predicted molar refractivity (Wildman–Crippen MR) is 96.6 cm³/mol. The van der Waals surface area contributed by atoms with E-state index < -0.39 is 10.0 Å². The number of ether oxygens (including phenoxy) is 1. The Hall–Kier alpha value is -1.48. The van der Waals surface area contributed by atoms with Crippen molar-refractivity contribution in [2.24, 2.45) is 4.99 Å². The Balaban J connectivity index is 1.61. The van der Waals surface area contributed by atoms with Gasteiger partial charge in [-0.15, -0.1) is 11.3 Å². The van der Waals surface area contributed by atoms with Gasteiger partial charge in [0.25, 0.3) is 0 Å². The zero-order valence-electron chi connectivity index (χ0n) is 14.1. The molecule has 2 fully saturated rings. The molecule has 2 aliphatic rings. The molecule has 25 heavy (non-hydrogen) atoms. The van der Waals surface area contributed by atoms with Gasteiger partial charge >= 0.3 is 0 Å². The van der Waals surface area contributed by atoms with Gasteiger partial charge in [-0.2, -0.15) is 4.31 Å². The molecule has 0 spiro atoms. The van der Waals surface area contributed by atoms with Crippen LogP contribution < -0.4 is 4.80 Å². The monoisotopic (exact) mass is 379 g/mol. The van der Waals surface area contributed by atoms with E-state index >= 15 is 0 Å². The molecule has 2 heterocycles. The molecule has 1 saturated heterocycles. The second-order valence-corrected chi connectivity index (χ2v) is 9.16. The number of sulfonamides is 1. The molecular formula is C17H21N3O3S2. The van der Waals surface area contributed by atoms with Crippen LogP contribution in [0.4, 0.5) is 5.69 Å². The maximum absolute atomic E-state index is 12.6. The maximum atomic E-state index is 12.6. The lowest BCUT2D eigenvalue weighted by molar-refractivity contribution is 0.0730. The Kier molecular flexibility index (Phi) is 4.53. The number of aryl methyl sites for hydroxylation is 1. The Labute approximate surface area is 151 Å². The van der Waals surface area contributed by atoms with Crippen molar-refractivity contribution in [2.45, 2.75) is 30.7 Å². The number of aromatic nitrogens is 1. The van der Waals surface area contributed by atoms with Crippen LogP contribution in [-0.2, 0) is 14.8 Å². The van der Waals surface area contributed by atoms with Gasteiger partial charge in [-0.1, -0.05) is 0 Å². The molecule has 134 valence electrons. The van der Waals surface area contributed by atoms with Gasteiger partial charge in [0.2, 0.25) is 10.0 Å². The van der Waals surface area contributed by atoms with E-state index in [1.807, 2.05) is 0 Å². The first-order valence-corrected chi connectivity index (χ1v) is 10.8. The highest BCUT2D eigenvalue weighted by molar-refractivity contribution is 7.89. The molecule has 0 radical (unpaired) electrons. The molecule has 1 saturated carbocycles. The first kappa shape index (κ1) is 17.0. The fourth-order valence-electron chi connectivity index (χ4n) is 3.00. The first-order valence-electron chi connectivity index (χ1n) is 8.45. The summed E-state index contributed by atoms with van der Waals surface area (Å²) in [6.45, 7) is 3.82. The highest BCUT2D eigenvalue weighted by Gasteiger charge is 2.27. The molecule has 0 atom stereocenters.